The summed E-state index contributed by atoms with van der Waals surface area (Å²) in [7, 11) is 1.30. The van der Waals surface area contributed by atoms with Gasteiger partial charge in [-0.2, -0.15) is 0 Å². The van der Waals surface area contributed by atoms with E-state index in [1.165, 1.54) is 13.2 Å². The van der Waals surface area contributed by atoms with Gasteiger partial charge in [-0.3, -0.25) is 0 Å². The standard InChI is InChI=1S/C19H18O4/c1-22-18(20)13-12-17(14-15-8-4-2-5-9-15)23-19(21)16-10-6-3-7-11-16/h2-13,17H,14H2,1H3/b13-12+/t17-/m1/s1. The molecule has 2 aromatic rings. The number of carbonyl (C=O) groups is 2. The van der Waals surface area contributed by atoms with E-state index in [0.717, 1.165) is 5.56 Å². The maximum atomic E-state index is 12.2. The van der Waals surface area contributed by atoms with E-state index in [4.69, 9.17) is 4.74 Å². The van der Waals surface area contributed by atoms with Gasteiger partial charge in [-0.25, -0.2) is 9.59 Å². The highest BCUT2D eigenvalue weighted by Crippen LogP contribution is 2.11. The minimum absolute atomic E-state index is 0.430. The third-order valence-corrected chi connectivity index (χ3v) is 3.20. The van der Waals surface area contributed by atoms with Crippen molar-refractivity contribution in [2.24, 2.45) is 0 Å². The normalized spacial score (nSPS) is 11.9. The zero-order valence-corrected chi connectivity index (χ0v) is 12.8. The molecule has 0 aliphatic carbocycles. The predicted octanol–water partition coefficient (Wildman–Crippen LogP) is 3.18. The summed E-state index contributed by atoms with van der Waals surface area (Å²) in [5.74, 6) is -0.917. The summed E-state index contributed by atoms with van der Waals surface area (Å²) < 4.78 is 10.1. The van der Waals surface area contributed by atoms with Crippen LogP contribution in [0.1, 0.15) is 15.9 Å². The van der Waals surface area contributed by atoms with Crippen LogP contribution in [0.4, 0.5) is 0 Å². The maximum absolute atomic E-state index is 12.2. The highest BCUT2D eigenvalue weighted by Gasteiger charge is 2.14. The average Bonchev–Trinajstić information content (AvgIpc) is 2.61. The molecule has 0 amide bonds. The molecule has 0 bridgehead atoms. The molecule has 23 heavy (non-hydrogen) atoms. The van der Waals surface area contributed by atoms with Crippen molar-refractivity contribution in [2.75, 3.05) is 7.11 Å². The van der Waals surface area contributed by atoms with E-state index in [1.807, 2.05) is 36.4 Å². The predicted molar refractivity (Wildman–Crippen MR) is 86.9 cm³/mol. The van der Waals surface area contributed by atoms with Crippen LogP contribution in [0, 0.1) is 0 Å². The Morgan fingerprint density at radius 1 is 1.00 bits per heavy atom. The molecule has 2 aromatic carbocycles. The van der Waals surface area contributed by atoms with Crippen molar-refractivity contribution in [3.63, 3.8) is 0 Å². The van der Waals surface area contributed by atoms with Crippen molar-refractivity contribution in [1.82, 2.24) is 0 Å². The molecule has 4 nitrogen and oxygen atoms in total. The largest absolute Gasteiger partial charge is 0.466 e. The highest BCUT2D eigenvalue weighted by atomic mass is 16.5. The second kappa shape index (κ2) is 8.54. The first kappa shape index (κ1) is 16.5. The van der Waals surface area contributed by atoms with Crippen LogP contribution in [-0.2, 0) is 20.7 Å². The zero-order valence-electron chi connectivity index (χ0n) is 12.8. The van der Waals surface area contributed by atoms with Crippen molar-refractivity contribution in [1.29, 1.82) is 0 Å². The fraction of sp³-hybridized carbons (Fsp3) is 0.158. The molecule has 0 N–H and O–H groups in total. The Balaban J connectivity index is 2.11. The summed E-state index contributed by atoms with van der Waals surface area (Å²) in [5.41, 5.74) is 1.48. The van der Waals surface area contributed by atoms with Gasteiger partial charge < -0.3 is 9.47 Å². The van der Waals surface area contributed by atoms with Crippen LogP contribution in [0.2, 0.25) is 0 Å². The fourth-order valence-corrected chi connectivity index (χ4v) is 2.03. The molecule has 0 aliphatic heterocycles. The Morgan fingerprint density at radius 2 is 1.61 bits per heavy atom. The smallest absolute Gasteiger partial charge is 0.338 e. The SMILES string of the molecule is COC(=O)/C=C/[C@H](Cc1ccccc1)OC(=O)c1ccccc1. The topological polar surface area (TPSA) is 52.6 Å². The first-order valence-electron chi connectivity index (χ1n) is 7.25. The van der Waals surface area contributed by atoms with Gasteiger partial charge in [0.15, 0.2) is 0 Å². The van der Waals surface area contributed by atoms with Crippen molar-refractivity contribution >= 4 is 11.9 Å². The molecule has 0 spiro atoms. The van der Waals surface area contributed by atoms with E-state index < -0.39 is 18.0 Å². The van der Waals surface area contributed by atoms with Gasteiger partial charge in [-0.15, -0.1) is 0 Å². The summed E-state index contributed by atoms with van der Waals surface area (Å²) in [5, 5.41) is 0. The summed E-state index contributed by atoms with van der Waals surface area (Å²) in [6.45, 7) is 0. The fourth-order valence-electron chi connectivity index (χ4n) is 2.03. The molecule has 0 radical (unpaired) electrons. The van der Waals surface area contributed by atoms with E-state index in [2.05, 4.69) is 4.74 Å². The number of methoxy groups -OCH3 is 1. The van der Waals surface area contributed by atoms with E-state index in [0.29, 0.717) is 12.0 Å². The highest BCUT2D eigenvalue weighted by molar-refractivity contribution is 5.89. The van der Waals surface area contributed by atoms with Crippen LogP contribution < -0.4 is 0 Å². The Bertz CT molecular complexity index is 662. The number of benzene rings is 2. The Labute approximate surface area is 135 Å². The van der Waals surface area contributed by atoms with Crippen molar-refractivity contribution in [2.45, 2.75) is 12.5 Å². The lowest BCUT2D eigenvalue weighted by Gasteiger charge is -2.14. The second-order valence-corrected chi connectivity index (χ2v) is 4.88. The van der Waals surface area contributed by atoms with Crippen LogP contribution in [0.3, 0.4) is 0 Å². The molecule has 0 aromatic heterocycles. The Hall–Kier alpha value is -2.88. The molecule has 0 fully saturated rings. The number of ether oxygens (including phenoxy) is 2. The number of esters is 2. The van der Waals surface area contributed by atoms with E-state index in [1.54, 1.807) is 30.3 Å². The third kappa shape index (κ3) is 5.43. The Morgan fingerprint density at radius 3 is 2.22 bits per heavy atom. The lowest BCUT2D eigenvalue weighted by atomic mass is 10.1. The third-order valence-electron chi connectivity index (χ3n) is 3.20. The van der Waals surface area contributed by atoms with E-state index in [9.17, 15) is 9.59 Å². The first-order valence-corrected chi connectivity index (χ1v) is 7.25. The van der Waals surface area contributed by atoms with Gasteiger partial charge in [0.05, 0.1) is 12.7 Å². The van der Waals surface area contributed by atoms with Gasteiger partial charge in [0.1, 0.15) is 6.10 Å². The molecular weight excluding hydrogens is 292 g/mol. The molecule has 118 valence electrons. The molecular formula is C19H18O4. The molecule has 2 rings (SSSR count). The molecule has 4 heteroatoms. The molecule has 0 unspecified atom stereocenters. The van der Waals surface area contributed by atoms with Crippen LogP contribution in [0.25, 0.3) is 0 Å². The number of hydrogen-bond donors (Lipinski definition) is 0. The number of hydrogen-bond acceptors (Lipinski definition) is 4. The Kier molecular flexibility index (Phi) is 6.12. The molecule has 0 aliphatic rings. The monoisotopic (exact) mass is 310 g/mol. The maximum Gasteiger partial charge on any atom is 0.338 e. The summed E-state index contributed by atoms with van der Waals surface area (Å²) in [6.07, 6.45) is 2.74. The van der Waals surface area contributed by atoms with Gasteiger partial charge in [0, 0.05) is 12.5 Å². The summed E-state index contributed by atoms with van der Waals surface area (Å²) >= 11 is 0. The van der Waals surface area contributed by atoms with Gasteiger partial charge in [-0.1, -0.05) is 48.5 Å². The van der Waals surface area contributed by atoms with Crippen molar-refractivity contribution in [3.05, 3.63) is 83.9 Å². The second-order valence-electron chi connectivity index (χ2n) is 4.88. The lowest BCUT2D eigenvalue weighted by Crippen LogP contribution is -2.19. The first-order chi connectivity index (χ1) is 11.2. The minimum Gasteiger partial charge on any atom is -0.466 e. The van der Waals surface area contributed by atoms with E-state index >= 15 is 0 Å². The lowest BCUT2D eigenvalue weighted by molar-refractivity contribution is -0.134. The summed E-state index contributed by atoms with van der Waals surface area (Å²) in [6, 6.07) is 18.4. The molecule has 0 saturated heterocycles. The molecule has 1 atom stereocenters. The van der Waals surface area contributed by atoms with Crippen LogP contribution >= 0.6 is 0 Å². The van der Waals surface area contributed by atoms with Crippen molar-refractivity contribution < 1.29 is 19.1 Å². The van der Waals surface area contributed by atoms with Gasteiger partial charge in [0.2, 0.25) is 0 Å². The van der Waals surface area contributed by atoms with Gasteiger partial charge in [-0.05, 0) is 23.8 Å². The van der Waals surface area contributed by atoms with Crippen LogP contribution in [0.15, 0.2) is 72.8 Å². The average molecular weight is 310 g/mol. The van der Waals surface area contributed by atoms with Crippen molar-refractivity contribution in [3.8, 4) is 0 Å². The number of rotatable bonds is 6. The van der Waals surface area contributed by atoms with Gasteiger partial charge in [0.25, 0.3) is 0 Å². The van der Waals surface area contributed by atoms with Gasteiger partial charge >= 0.3 is 11.9 Å². The molecule has 0 saturated carbocycles. The zero-order chi connectivity index (χ0) is 16.5. The van der Waals surface area contributed by atoms with E-state index in [-0.39, 0.29) is 0 Å². The van der Waals surface area contributed by atoms with Crippen LogP contribution in [-0.4, -0.2) is 25.2 Å². The summed E-state index contributed by atoms with van der Waals surface area (Å²) in [4.78, 5) is 23.5. The van der Waals surface area contributed by atoms with Crippen LogP contribution in [0.5, 0.6) is 0 Å². The molecule has 0 heterocycles. The number of carbonyl (C=O) groups excluding carboxylic acids is 2. The minimum atomic E-state index is -0.552. The quantitative estimate of drug-likeness (QED) is 0.607.